The number of amides is 3. The van der Waals surface area contributed by atoms with Crippen molar-refractivity contribution in [3.05, 3.63) is 156 Å². The number of rotatable bonds is 13. The van der Waals surface area contributed by atoms with E-state index in [0.29, 0.717) is 39.8 Å². The smallest absolute Gasteiger partial charge is 0.272 e. The Bertz CT molecular complexity index is 2110. The number of hydrogen-bond acceptors (Lipinski definition) is 7. The van der Waals surface area contributed by atoms with Gasteiger partial charge in [0.2, 0.25) is 15.9 Å². The summed E-state index contributed by atoms with van der Waals surface area (Å²) in [6, 6.07) is 37.5. The van der Waals surface area contributed by atoms with E-state index in [9.17, 15) is 22.8 Å². The summed E-state index contributed by atoms with van der Waals surface area (Å²) in [6.45, 7) is 2.27. The lowest BCUT2D eigenvalue weighted by Crippen LogP contribution is -2.30. The van der Waals surface area contributed by atoms with Crippen molar-refractivity contribution in [2.24, 2.45) is 5.14 Å². The summed E-state index contributed by atoms with van der Waals surface area (Å²) in [5, 5.41) is 13.0. The summed E-state index contributed by atoms with van der Waals surface area (Å²) in [5.41, 5.74) is 2.55. The van der Waals surface area contributed by atoms with Crippen LogP contribution >= 0.6 is 11.8 Å². The molecule has 0 saturated carbocycles. The fourth-order valence-electron chi connectivity index (χ4n) is 4.80. The Morgan fingerprint density at radius 3 is 2.12 bits per heavy atom. The molecule has 10 nitrogen and oxygen atoms in total. The molecule has 0 heterocycles. The molecule has 0 radical (unpaired) electrons. The van der Waals surface area contributed by atoms with Crippen molar-refractivity contribution in [3.63, 3.8) is 0 Å². The molecule has 5 aromatic carbocycles. The maximum absolute atomic E-state index is 13.8. The molecule has 0 bridgehead atoms. The third kappa shape index (κ3) is 9.69. The predicted molar refractivity (Wildman–Crippen MR) is 196 cm³/mol. The minimum Gasteiger partial charge on any atom is -0.493 e. The van der Waals surface area contributed by atoms with Gasteiger partial charge in [0.1, 0.15) is 16.7 Å². The standard InChI is InChI=1S/C38H34N4O6S2/c1-2-48-34-19-10-9-16-28(34)24-33(42-36(43)27-14-7-4-8-15-27)37(44)41-30-17-11-18-31(25-30)49-35(26-12-5-3-6-13-26)38(45)40-29-20-22-32(23-21-29)50(39,46)47/h3-25,35H,2H2,1H3,(H,40,45)(H,41,44)(H,42,43)(H2,39,46,47)/b33-24+. The van der Waals surface area contributed by atoms with Crippen molar-refractivity contribution in [1.82, 2.24) is 5.32 Å². The first kappa shape index (κ1) is 35.6. The molecule has 0 spiro atoms. The number of hydrogen-bond donors (Lipinski definition) is 4. The highest BCUT2D eigenvalue weighted by atomic mass is 32.2. The number of nitrogens with one attached hydrogen (secondary N) is 3. The Morgan fingerprint density at radius 1 is 0.780 bits per heavy atom. The number of thioether (sulfide) groups is 1. The van der Waals surface area contributed by atoms with Crippen LogP contribution in [0.25, 0.3) is 6.08 Å². The number of sulfonamides is 1. The zero-order valence-corrected chi connectivity index (χ0v) is 28.5. The van der Waals surface area contributed by atoms with E-state index in [1.54, 1.807) is 66.7 Å². The number of nitrogens with two attached hydrogens (primary N) is 1. The average molecular weight is 707 g/mol. The van der Waals surface area contributed by atoms with Gasteiger partial charge in [0, 0.05) is 27.4 Å². The van der Waals surface area contributed by atoms with Gasteiger partial charge in [-0.2, -0.15) is 0 Å². The van der Waals surface area contributed by atoms with Crippen molar-refractivity contribution in [3.8, 4) is 5.75 Å². The van der Waals surface area contributed by atoms with Gasteiger partial charge in [-0.15, -0.1) is 11.8 Å². The van der Waals surface area contributed by atoms with Gasteiger partial charge in [0.05, 0.1) is 11.5 Å². The van der Waals surface area contributed by atoms with E-state index in [1.165, 1.54) is 36.0 Å². The summed E-state index contributed by atoms with van der Waals surface area (Å²) in [7, 11) is -3.88. The highest BCUT2D eigenvalue weighted by molar-refractivity contribution is 8.00. The van der Waals surface area contributed by atoms with E-state index >= 15 is 0 Å². The molecule has 1 atom stereocenters. The molecule has 50 heavy (non-hydrogen) atoms. The van der Waals surface area contributed by atoms with E-state index in [-0.39, 0.29) is 16.5 Å². The van der Waals surface area contributed by atoms with Crippen LogP contribution in [0.2, 0.25) is 0 Å². The largest absolute Gasteiger partial charge is 0.493 e. The monoisotopic (exact) mass is 706 g/mol. The fourth-order valence-corrected chi connectivity index (χ4v) is 6.40. The molecule has 0 fully saturated rings. The zero-order chi connectivity index (χ0) is 35.5. The Balaban J connectivity index is 1.39. The van der Waals surface area contributed by atoms with Gasteiger partial charge in [-0.05, 0) is 79.2 Å². The normalized spacial score (nSPS) is 12.0. The SMILES string of the molecule is CCOc1ccccc1/C=C(/NC(=O)c1ccccc1)C(=O)Nc1cccc(SC(C(=O)Nc2ccc(S(N)(=O)=O)cc2)c2ccccc2)c1. The Kier molecular flexibility index (Phi) is 11.8. The van der Waals surface area contributed by atoms with Crippen molar-refractivity contribution >= 4 is 57.0 Å². The number of ether oxygens (including phenoxy) is 1. The van der Waals surface area contributed by atoms with Crippen LogP contribution in [0.15, 0.2) is 149 Å². The fraction of sp³-hybridized carbons (Fsp3) is 0.0789. The number of benzene rings is 5. The first-order chi connectivity index (χ1) is 24.1. The molecule has 0 aliphatic heterocycles. The lowest BCUT2D eigenvalue weighted by molar-refractivity contribution is -0.116. The van der Waals surface area contributed by atoms with Crippen LogP contribution in [-0.4, -0.2) is 32.7 Å². The van der Waals surface area contributed by atoms with Crippen LogP contribution < -0.4 is 25.8 Å². The molecule has 0 aromatic heterocycles. The molecule has 3 amide bonds. The predicted octanol–water partition coefficient (Wildman–Crippen LogP) is 6.61. The van der Waals surface area contributed by atoms with E-state index in [1.807, 2.05) is 55.5 Å². The van der Waals surface area contributed by atoms with Crippen LogP contribution in [0.5, 0.6) is 5.75 Å². The lowest BCUT2D eigenvalue weighted by atomic mass is 10.1. The van der Waals surface area contributed by atoms with Gasteiger partial charge in [0.25, 0.3) is 11.8 Å². The minimum absolute atomic E-state index is 0.000874. The van der Waals surface area contributed by atoms with E-state index in [0.717, 1.165) is 5.56 Å². The third-order valence-corrected chi connectivity index (χ3v) is 9.36. The Labute approximate surface area is 294 Å². The van der Waals surface area contributed by atoms with Gasteiger partial charge in [-0.1, -0.05) is 72.8 Å². The van der Waals surface area contributed by atoms with Crippen LogP contribution in [0.1, 0.15) is 33.7 Å². The van der Waals surface area contributed by atoms with Gasteiger partial charge >= 0.3 is 0 Å². The third-order valence-electron chi connectivity index (χ3n) is 7.18. The molecule has 5 rings (SSSR count). The number of carbonyl (C=O) groups is 3. The van der Waals surface area contributed by atoms with Crippen LogP contribution in [0.3, 0.4) is 0 Å². The molecule has 254 valence electrons. The summed E-state index contributed by atoms with van der Waals surface area (Å²) < 4.78 is 29.0. The molecule has 0 aliphatic carbocycles. The zero-order valence-electron chi connectivity index (χ0n) is 26.9. The van der Waals surface area contributed by atoms with Crippen molar-refractivity contribution < 1.29 is 27.5 Å². The van der Waals surface area contributed by atoms with Crippen molar-refractivity contribution in [2.75, 3.05) is 17.2 Å². The maximum atomic E-state index is 13.8. The first-order valence-corrected chi connectivity index (χ1v) is 17.9. The summed E-state index contributed by atoms with van der Waals surface area (Å²) >= 11 is 1.26. The molecule has 12 heteroatoms. The van der Waals surface area contributed by atoms with E-state index in [2.05, 4.69) is 16.0 Å². The van der Waals surface area contributed by atoms with Crippen LogP contribution in [0, 0.1) is 0 Å². The van der Waals surface area contributed by atoms with E-state index < -0.39 is 27.1 Å². The van der Waals surface area contributed by atoms with Crippen LogP contribution in [0.4, 0.5) is 11.4 Å². The quantitative estimate of drug-likeness (QED) is 0.0793. The summed E-state index contributed by atoms with van der Waals surface area (Å²) in [6.07, 6.45) is 1.56. The van der Waals surface area contributed by atoms with Gasteiger partial charge in [-0.3, -0.25) is 14.4 Å². The number of anilines is 2. The molecule has 0 saturated heterocycles. The molecule has 5 aromatic rings. The van der Waals surface area contributed by atoms with Crippen molar-refractivity contribution in [2.45, 2.75) is 22.0 Å². The summed E-state index contributed by atoms with van der Waals surface area (Å²) in [5.74, 6) is -0.816. The number of carbonyl (C=O) groups excluding carboxylic acids is 3. The lowest BCUT2D eigenvalue weighted by Gasteiger charge is -2.18. The molecule has 1 unspecified atom stereocenters. The molecular weight excluding hydrogens is 673 g/mol. The topological polar surface area (TPSA) is 157 Å². The second kappa shape index (κ2) is 16.6. The molecular formula is C38H34N4O6S2. The average Bonchev–Trinajstić information content (AvgIpc) is 3.12. The second-order valence-electron chi connectivity index (χ2n) is 10.8. The summed E-state index contributed by atoms with van der Waals surface area (Å²) in [4.78, 5) is 41.1. The molecule has 0 aliphatic rings. The second-order valence-corrected chi connectivity index (χ2v) is 13.5. The van der Waals surface area contributed by atoms with E-state index in [4.69, 9.17) is 9.88 Å². The van der Waals surface area contributed by atoms with Crippen LogP contribution in [-0.2, 0) is 19.6 Å². The highest BCUT2D eigenvalue weighted by Crippen LogP contribution is 2.37. The maximum Gasteiger partial charge on any atom is 0.272 e. The molecule has 5 N–H and O–H groups in total. The minimum atomic E-state index is -3.88. The van der Waals surface area contributed by atoms with Crippen molar-refractivity contribution in [1.29, 1.82) is 0 Å². The van der Waals surface area contributed by atoms with Gasteiger partial charge in [0.15, 0.2) is 0 Å². The van der Waals surface area contributed by atoms with Gasteiger partial charge in [-0.25, -0.2) is 13.6 Å². The first-order valence-electron chi connectivity index (χ1n) is 15.5. The van der Waals surface area contributed by atoms with Gasteiger partial charge < -0.3 is 20.7 Å². The highest BCUT2D eigenvalue weighted by Gasteiger charge is 2.23. The Hall–Kier alpha value is -5.69. The number of primary sulfonamides is 1. The number of para-hydroxylation sites is 1. The Morgan fingerprint density at radius 2 is 1.44 bits per heavy atom.